The van der Waals surface area contributed by atoms with Gasteiger partial charge in [-0.2, -0.15) is 0 Å². The lowest BCUT2D eigenvalue weighted by atomic mass is 9.97. The molecule has 0 N–H and O–H groups in total. The summed E-state index contributed by atoms with van der Waals surface area (Å²) in [5.74, 6) is 0.561. The predicted molar refractivity (Wildman–Crippen MR) is 147 cm³/mol. The predicted octanol–water partition coefficient (Wildman–Crippen LogP) is 6.73. The minimum absolute atomic E-state index is 0.125. The Morgan fingerprint density at radius 2 is 1.47 bits per heavy atom. The lowest BCUT2D eigenvalue weighted by Gasteiger charge is -2.25. The minimum atomic E-state index is -0.567. The van der Waals surface area contributed by atoms with Gasteiger partial charge in [0.25, 0.3) is 5.91 Å². The third kappa shape index (κ3) is 4.26. The molecule has 1 aliphatic rings. The molecule has 1 aromatic heterocycles. The normalized spacial score (nSPS) is 14.6. The summed E-state index contributed by atoms with van der Waals surface area (Å²) in [4.78, 5) is 29.4. The topological polar surface area (TPSA) is 59.8 Å². The number of rotatable bonds is 6. The van der Waals surface area contributed by atoms with Crippen LogP contribution in [-0.2, 0) is 13.2 Å². The van der Waals surface area contributed by atoms with E-state index < -0.39 is 6.04 Å². The average molecular weight is 502 g/mol. The molecule has 0 spiro atoms. The first kappa shape index (κ1) is 23.7. The van der Waals surface area contributed by atoms with Crippen molar-refractivity contribution in [1.29, 1.82) is 0 Å². The average Bonchev–Trinajstić information content (AvgIpc) is 3.21. The Hall–Kier alpha value is -4.64. The van der Waals surface area contributed by atoms with Crippen LogP contribution in [0.15, 0.2) is 106 Å². The van der Waals surface area contributed by atoms with E-state index in [1.54, 1.807) is 4.90 Å². The van der Waals surface area contributed by atoms with Gasteiger partial charge in [0.15, 0.2) is 5.43 Å². The largest absolute Gasteiger partial charge is 0.489 e. The second-order valence-electron chi connectivity index (χ2n) is 9.80. The van der Waals surface area contributed by atoms with Crippen LogP contribution < -0.4 is 10.2 Å². The summed E-state index contributed by atoms with van der Waals surface area (Å²) in [5, 5.41) is 0.503. The zero-order chi connectivity index (χ0) is 26.2. The van der Waals surface area contributed by atoms with Gasteiger partial charge in [-0.3, -0.25) is 9.59 Å². The second-order valence-corrected chi connectivity index (χ2v) is 9.80. The van der Waals surface area contributed by atoms with Crippen molar-refractivity contribution in [3.05, 3.63) is 146 Å². The molecule has 1 amide bonds. The van der Waals surface area contributed by atoms with Gasteiger partial charge in [-0.25, -0.2) is 0 Å². The van der Waals surface area contributed by atoms with Gasteiger partial charge in [0.05, 0.1) is 17.0 Å². The van der Waals surface area contributed by atoms with Gasteiger partial charge >= 0.3 is 0 Å². The Kier molecular flexibility index (Phi) is 6.04. The molecule has 4 aromatic carbocycles. The lowest BCUT2D eigenvalue weighted by Crippen LogP contribution is -2.29. The Labute approximate surface area is 220 Å². The minimum Gasteiger partial charge on any atom is -0.489 e. The molecule has 5 heteroatoms. The number of carbonyl (C=O) groups excluding carboxylic acids is 1. The molecule has 2 heterocycles. The molecule has 6 rings (SSSR count). The highest BCUT2D eigenvalue weighted by Crippen LogP contribution is 2.40. The summed E-state index contributed by atoms with van der Waals surface area (Å²) in [6.45, 7) is 4.67. The summed E-state index contributed by atoms with van der Waals surface area (Å²) in [6, 6.07) is 30.6. The van der Waals surface area contributed by atoms with Gasteiger partial charge in [0.2, 0.25) is 5.76 Å². The number of nitrogens with zero attached hydrogens (tertiary/aromatic N) is 1. The quantitative estimate of drug-likeness (QED) is 0.259. The summed E-state index contributed by atoms with van der Waals surface area (Å²) in [6.07, 6.45) is 0. The van der Waals surface area contributed by atoms with Gasteiger partial charge in [0.1, 0.15) is 17.9 Å². The number of hydrogen-bond acceptors (Lipinski definition) is 4. The van der Waals surface area contributed by atoms with Gasteiger partial charge in [-0.1, -0.05) is 78.9 Å². The number of ether oxygens (including phenoxy) is 1. The molecule has 5 nitrogen and oxygen atoms in total. The Bertz CT molecular complexity index is 1690. The van der Waals surface area contributed by atoms with Crippen LogP contribution in [-0.4, -0.2) is 10.8 Å². The number of benzene rings is 4. The van der Waals surface area contributed by atoms with Gasteiger partial charge < -0.3 is 14.1 Å². The van der Waals surface area contributed by atoms with Crippen LogP contribution in [0.1, 0.15) is 50.0 Å². The Morgan fingerprint density at radius 1 is 0.816 bits per heavy atom. The zero-order valence-electron chi connectivity index (χ0n) is 21.3. The van der Waals surface area contributed by atoms with Crippen molar-refractivity contribution in [2.75, 3.05) is 0 Å². The molecule has 0 saturated heterocycles. The number of aryl methyl sites for hydroxylation is 2. The number of carbonyl (C=O) groups is 1. The second kappa shape index (κ2) is 9.67. The standard InChI is InChI=1S/C33H27NO4/c1-21-17-22(2)31-27(18-21)30(35)28-29(34(33(36)32(28)38-31)19-23-9-5-3-6-10-23)25-13-15-26(16-14-25)37-20-24-11-7-4-8-12-24/h3-18,29H,19-20H2,1-2H3. The van der Waals surface area contributed by atoms with Gasteiger partial charge in [-0.15, -0.1) is 0 Å². The molecular weight excluding hydrogens is 474 g/mol. The van der Waals surface area contributed by atoms with E-state index in [9.17, 15) is 9.59 Å². The van der Waals surface area contributed by atoms with Crippen molar-refractivity contribution in [3.8, 4) is 5.75 Å². The van der Waals surface area contributed by atoms with Crippen LogP contribution in [0.4, 0.5) is 0 Å². The summed E-state index contributed by atoms with van der Waals surface area (Å²) >= 11 is 0. The fourth-order valence-electron chi connectivity index (χ4n) is 5.25. The van der Waals surface area contributed by atoms with E-state index in [4.69, 9.17) is 9.15 Å². The summed E-state index contributed by atoms with van der Waals surface area (Å²) in [5.41, 5.74) is 5.40. The first-order valence-corrected chi connectivity index (χ1v) is 12.7. The summed E-state index contributed by atoms with van der Waals surface area (Å²) in [7, 11) is 0. The molecule has 1 aliphatic heterocycles. The van der Waals surface area contributed by atoms with E-state index in [1.807, 2.05) is 111 Å². The van der Waals surface area contributed by atoms with E-state index in [0.29, 0.717) is 35.4 Å². The van der Waals surface area contributed by atoms with E-state index in [0.717, 1.165) is 27.8 Å². The number of amides is 1. The van der Waals surface area contributed by atoms with Gasteiger partial charge in [-0.05, 0) is 59.9 Å². The van der Waals surface area contributed by atoms with Crippen molar-refractivity contribution in [1.82, 2.24) is 4.90 Å². The first-order chi connectivity index (χ1) is 18.5. The highest BCUT2D eigenvalue weighted by Gasteiger charge is 2.42. The maximum absolute atomic E-state index is 13.9. The molecule has 0 bridgehead atoms. The van der Waals surface area contributed by atoms with Crippen LogP contribution in [0, 0.1) is 13.8 Å². The van der Waals surface area contributed by atoms with Crippen molar-refractivity contribution in [3.63, 3.8) is 0 Å². The molecule has 0 radical (unpaired) electrons. The highest BCUT2D eigenvalue weighted by atomic mass is 16.5. The van der Waals surface area contributed by atoms with Crippen LogP contribution in [0.2, 0.25) is 0 Å². The summed E-state index contributed by atoms with van der Waals surface area (Å²) < 4.78 is 12.2. The number of fused-ring (bicyclic) bond motifs is 2. The van der Waals surface area contributed by atoms with E-state index >= 15 is 0 Å². The van der Waals surface area contributed by atoms with Crippen LogP contribution in [0.5, 0.6) is 5.75 Å². The molecule has 0 aliphatic carbocycles. The van der Waals surface area contributed by atoms with Crippen molar-refractivity contribution >= 4 is 16.9 Å². The van der Waals surface area contributed by atoms with E-state index in [2.05, 4.69) is 0 Å². The van der Waals surface area contributed by atoms with Crippen LogP contribution in [0.3, 0.4) is 0 Å². The number of hydrogen-bond donors (Lipinski definition) is 0. The lowest BCUT2D eigenvalue weighted by molar-refractivity contribution is 0.0714. The molecule has 1 unspecified atom stereocenters. The maximum Gasteiger partial charge on any atom is 0.291 e. The molecule has 38 heavy (non-hydrogen) atoms. The molecule has 1 atom stereocenters. The fraction of sp³-hybridized carbons (Fsp3) is 0.152. The molecule has 5 aromatic rings. The van der Waals surface area contributed by atoms with Crippen molar-refractivity contribution in [2.45, 2.75) is 33.0 Å². The first-order valence-electron chi connectivity index (χ1n) is 12.7. The smallest absolute Gasteiger partial charge is 0.291 e. The van der Waals surface area contributed by atoms with E-state index in [-0.39, 0.29) is 17.1 Å². The fourth-order valence-corrected chi connectivity index (χ4v) is 5.25. The highest BCUT2D eigenvalue weighted by molar-refractivity contribution is 5.99. The SMILES string of the molecule is Cc1cc(C)c2oc3c(c(=O)c2c1)C(c1ccc(OCc2ccccc2)cc1)N(Cc1ccccc1)C3=O. The maximum atomic E-state index is 13.9. The van der Waals surface area contributed by atoms with Crippen molar-refractivity contribution < 1.29 is 13.9 Å². The van der Waals surface area contributed by atoms with E-state index in [1.165, 1.54) is 0 Å². The monoisotopic (exact) mass is 501 g/mol. The van der Waals surface area contributed by atoms with Crippen LogP contribution >= 0.6 is 0 Å². The molecule has 188 valence electrons. The van der Waals surface area contributed by atoms with Gasteiger partial charge in [0, 0.05) is 6.54 Å². The molecular formula is C33H27NO4. The third-order valence-corrected chi connectivity index (χ3v) is 7.04. The third-order valence-electron chi connectivity index (χ3n) is 7.04. The Morgan fingerprint density at radius 3 is 2.16 bits per heavy atom. The Balaban J connectivity index is 1.42. The molecule has 0 fully saturated rings. The zero-order valence-corrected chi connectivity index (χ0v) is 21.3. The molecule has 0 saturated carbocycles. The van der Waals surface area contributed by atoms with Crippen molar-refractivity contribution in [2.24, 2.45) is 0 Å². The van der Waals surface area contributed by atoms with Crippen LogP contribution in [0.25, 0.3) is 11.0 Å².